The van der Waals surface area contributed by atoms with E-state index in [9.17, 15) is 5.11 Å². The van der Waals surface area contributed by atoms with Crippen LogP contribution in [0.4, 0.5) is 0 Å². The first-order valence-corrected chi connectivity index (χ1v) is 8.15. The van der Waals surface area contributed by atoms with Crippen molar-refractivity contribution in [2.45, 2.75) is 69.9 Å². The van der Waals surface area contributed by atoms with E-state index in [-0.39, 0.29) is 12.1 Å². The number of rotatable bonds is 5. The molecule has 0 radical (unpaired) electrons. The van der Waals surface area contributed by atoms with Crippen molar-refractivity contribution in [3.63, 3.8) is 0 Å². The Morgan fingerprint density at radius 2 is 1.89 bits per heavy atom. The molecule has 0 aromatic heterocycles. The Bertz CT molecular complexity index is 276. The Labute approximate surface area is 118 Å². The molecule has 2 rings (SSSR count). The maximum atomic E-state index is 9.50. The van der Waals surface area contributed by atoms with Crippen molar-refractivity contribution in [1.29, 1.82) is 0 Å². The van der Waals surface area contributed by atoms with E-state index in [0.717, 1.165) is 31.3 Å². The third-order valence-electron chi connectivity index (χ3n) is 5.74. The standard InChI is InChI=1S/C16H32N2O/c1-13-5-7-15(8-6-13)18(2)11-9-14-4-3-10-16(14,17)12-19/h13-15,19H,3-12,17H2,1-2H3. The van der Waals surface area contributed by atoms with E-state index in [1.165, 1.54) is 38.5 Å². The van der Waals surface area contributed by atoms with Crippen LogP contribution in [-0.2, 0) is 0 Å². The fourth-order valence-electron chi connectivity index (χ4n) is 4.03. The second-order valence-electron chi connectivity index (χ2n) is 7.16. The summed E-state index contributed by atoms with van der Waals surface area (Å²) in [5, 5.41) is 9.50. The van der Waals surface area contributed by atoms with Crippen LogP contribution in [0.2, 0.25) is 0 Å². The van der Waals surface area contributed by atoms with Crippen molar-refractivity contribution in [2.75, 3.05) is 20.2 Å². The van der Waals surface area contributed by atoms with Crippen LogP contribution in [0.3, 0.4) is 0 Å². The Balaban J connectivity index is 1.75. The summed E-state index contributed by atoms with van der Waals surface area (Å²) in [7, 11) is 2.27. The van der Waals surface area contributed by atoms with E-state index in [0.29, 0.717) is 5.92 Å². The molecule has 2 unspecified atom stereocenters. The van der Waals surface area contributed by atoms with Crippen molar-refractivity contribution < 1.29 is 5.11 Å². The lowest BCUT2D eigenvalue weighted by molar-refractivity contribution is 0.127. The predicted molar refractivity (Wildman–Crippen MR) is 80.0 cm³/mol. The van der Waals surface area contributed by atoms with Gasteiger partial charge in [-0.25, -0.2) is 0 Å². The molecule has 0 aromatic carbocycles. The Hall–Kier alpha value is -0.120. The van der Waals surface area contributed by atoms with E-state index < -0.39 is 0 Å². The SMILES string of the molecule is CC1CCC(N(C)CCC2CCCC2(N)CO)CC1. The minimum absolute atomic E-state index is 0.155. The molecule has 2 aliphatic carbocycles. The third-order valence-corrected chi connectivity index (χ3v) is 5.74. The highest BCUT2D eigenvalue weighted by molar-refractivity contribution is 4.96. The highest BCUT2D eigenvalue weighted by atomic mass is 16.3. The van der Waals surface area contributed by atoms with E-state index >= 15 is 0 Å². The fourth-order valence-corrected chi connectivity index (χ4v) is 4.03. The first-order chi connectivity index (χ1) is 9.05. The Kier molecular flexibility index (Phi) is 5.27. The normalized spacial score (nSPS) is 39.9. The minimum atomic E-state index is -0.290. The minimum Gasteiger partial charge on any atom is -0.394 e. The van der Waals surface area contributed by atoms with Gasteiger partial charge in [0.1, 0.15) is 0 Å². The quantitative estimate of drug-likeness (QED) is 0.805. The zero-order valence-electron chi connectivity index (χ0n) is 12.8. The second kappa shape index (κ2) is 6.55. The number of nitrogens with two attached hydrogens (primary N) is 1. The average molecular weight is 268 g/mol. The van der Waals surface area contributed by atoms with Gasteiger partial charge >= 0.3 is 0 Å². The van der Waals surface area contributed by atoms with Crippen LogP contribution < -0.4 is 5.73 Å². The van der Waals surface area contributed by atoms with Gasteiger partial charge in [0.2, 0.25) is 0 Å². The van der Waals surface area contributed by atoms with Crippen molar-refractivity contribution in [2.24, 2.45) is 17.6 Å². The summed E-state index contributed by atoms with van der Waals surface area (Å²) in [4.78, 5) is 2.54. The summed E-state index contributed by atoms with van der Waals surface area (Å²) in [6, 6.07) is 0.777. The highest BCUT2D eigenvalue weighted by Gasteiger charge is 2.38. The summed E-state index contributed by atoms with van der Waals surface area (Å²) in [5.74, 6) is 1.44. The van der Waals surface area contributed by atoms with Crippen LogP contribution in [-0.4, -0.2) is 41.8 Å². The van der Waals surface area contributed by atoms with Crippen LogP contribution in [0, 0.1) is 11.8 Å². The van der Waals surface area contributed by atoms with Gasteiger partial charge < -0.3 is 15.7 Å². The van der Waals surface area contributed by atoms with Gasteiger partial charge in [0.15, 0.2) is 0 Å². The fraction of sp³-hybridized carbons (Fsp3) is 1.00. The molecule has 2 atom stereocenters. The molecular formula is C16H32N2O. The van der Waals surface area contributed by atoms with Gasteiger partial charge in [-0.3, -0.25) is 0 Å². The Morgan fingerprint density at radius 3 is 2.53 bits per heavy atom. The maximum absolute atomic E-state index is 9.50. The van der Waals surface area contributed by atoms with Gasteiger partial charge in [0.25, 0.3) is 0 Å². The molecule has 0 amide bonds. The summed E-state index contributed by atoms with van der Waals surface area (Å²) < 4.78 is 0. The molecule has 0 aliphatic heterocycles. The first-order valence-electron chi connectivity index (χ1n) is 8.15. The maximum Gasteiger partial charge on any atom is 0.0613 e. The van der Waals surface area contributed by atoms with Crippen LogP contribution >= 0.6 is 0 Å². The molecule has 19 heavy (non-hydrogen) atoms. The number of nitrogens with zero attached hydrogens (tertiary/aromatic N) is 1. The largest absolute Gasteiger partial charge is 0.394 e. The first kappa shape index (κ1) is 15.3. The molecule has 3 N–H and O–H groups in total. The van der Waals surface area contributed by atoms with Crippen molar-refractivity contribution >= 4 is 0 Å². The van der Waals surface area contributed by atoms with Gasteiger partial charge in [-0.05, 0) is 70.4 Å². The Morgan fingerprint density at radius 1 is 1.21 bits per heavy atom. The summed E-state index contributed by atoms with van der Waals surface area (Å²) in [6.45, 7) is 3.67. The van der Waals surface area contributed by atoms with Crippen LogP contribution in [0.1, 0.15) is 58.3 Å². The van der Waals surface area contributed by atoms with Crippen molar-refractivity contribution in [1.82, 2.24) is 4.90 Å². The van der Waals surface area contributed by atoms with E-state index in [1.807, 2.05) is 0 Å². The topological polar surface area (TPSA) is 49.5 Å². The van der Waals surface area contributed by atoms with Crippen molar-refractivity contribution in [3.8, 4) is 0 Å². The monoisotopic (exact) mass is 268 g/mol. The molecule has 0 spiro atoms. The molecule has 0 saturated heterocycles. The zero-order chi connectivity index (χ0) is 13.9. The second-order valence-corrected chi connectivity index (χ2v) is 7.16. The van der Waals surface area contributed by atoms with Crippen LogP contribution in [0.25, 0.3) is 0 Å². The van der Waals surface area contributed by atoms with E-state index in [1.54, 1.807) is 0 Å². The van der Waals surface area contributed by atoms with Gasteiger partial charge in [-0.15, -0.1) is 0 Å². The number of aliphatic hydroxyl groups excluding tert-OH is 1. The predicted octanol–water partition coefficient (Wildman–Crippen LogP) is 2.38. The molecule has 0 heterocycles. The smallest absolute Gasteiger partial charge is 0.0613 e. The number of aliphatic hydroxyl groups is 1. The summed E-state index contributed by atoms with van der Waals surface area (Å²) >= 11 is 0. The summed E-state index contributed by atoms with van der Waals surface area (Å²) in [6.07, 6.45) is 10.0. The molecule has 2 saturated carbocycles. The van der Waals surface area contributed by atoms with Crippen LogP contribution in [0.5, 0.6) is 0 Å². The zero-order valence-corrected chi connectivity index (χ0v) is 12.8. The van der Waals surface area contributed by atoms with Gasteiger partial charge in [-0.2, -0.15) is 0 Å². The molecule has 3 heteroatoms. The van der Waals surface area contributed by atoms with Gasteiger partial charge in [0.05, 0.1) is 6.61 Å². The molecule has 112 valence electrons. The van der Waals surface area contributed by atoms with Crippen LogP contribution in [0.15, 0.2) is 0 Å². The molecule has 0 aromatic rings. The lowest BCUT2D eigenvalue weighted by atomic mass is 9.85. The lowest BCUT2D eigenvalue weighted by Gasteiger charge is -2.36. The third kappa shape index (κ3) is 3.71. The number of hydrogen-bond donors (Lipinski definition) is 2. The van der Waals surface area contributed by atoms with E-state index in [4.69, 9.17) is 5.73 Å². The van der Waals surface area contributed by atoms with E-state index in [2.05, 4.69) is 18.9 Å². The van der Waals surface area contributed by atoms with Gasteiger partial charge in [0, 0.05) is 11.6 Å². The molecule has 3 nitrogen and oxygen atoms in total. The lowest BCUT2D eigenvalue weighted by Crippen LogP contribution is -2.48. The van der Waals surface area contributed by atoms with Gasteiger partial charge in [-0.1, -0.05) is 13.3 Å². The molecular weight excluding hydrogens is 236 g/mol. The number of hydrogen-bond acceptors (Lipinski definition) is 3. The van der Waals surface area contributed by atoms with Crippen molar-refractivity contribution in [3.05, 3.63) is 0 Å². The highest BCUT2D eigenvalue weighted by Crippen LogP contribution is 2.36. The molecule has 2 fully saturated rings. The average Bonchev–Trinajstić information content (AvgIpc) is 2.79. The molecule has 0 bridgehead atoms. The molecule has 2 aliphatic rings. The summed E-state index contributed by atoms with van der Waals surface area (Å²) in [5.41, 5.74) is 6.03.